The van der Waals surface area contributed by atoms with Crippen LogP contribution < -0.4 is 5.56 Å². The predicted molar refractivity (Wildman–Crippen MR) is 116 cm³/mol. The Kier molecular flexibility index (Phi) is 6.25. The molecular formula is C24H33N3O2. The Labute approximate surface area is 173 Å². The normalized spacial score (nSPS) is 15.1. The molecule has 0 unspecified atom stereocenters. The average molecular weight is 396 g/mol. The van der Waals surface area contributed by atoms with Gasteiger partial charge in [-0.15, -0.1) is 0 Å². The van der Waals surface area contributed by atoms with Gasteiger partial charge in [0.15, 0.2) is 0 Å². The first-order valence-corrected chi connectivity index (χ1v) is 10.5. The van der Waals surface area contributed by atoms with Gasteiger partial charge < -0.3 is 9.88 Å². The number of aromatic nitrogens is 2. The number of benzene rings is 1. The smallest absolute Gasteiger partial charge is 0.256 e. The molecule has 29 heavy (non-hydrogen) atoms. The number of hydrogen-bond donors (Lipinski definition) is 1. The van der Waals surface area contributed by atoms with E-state index >= 15 is 0 Å². The molecule has 1 atom stereocenters. The number of carbonyl (C=O) groups is 1. The molecule has 1 aromatic carbocycles. The van der Waals surface area contributed by atoms with Crippen molar-refractivity contribution in [3.05, 3.63) is 62.8 Å². The summed E-state index contributed by atoms with van der Waals surface area (Å²) < 4.78 is 0. The van der Waals surface area contributed by atoms with Crippen LogP contribution in [0.5, 0.6) is 0 Å². The molecule has 0 bridgehead atoms. The number of hydrogen-bond acceptors (Lipinski definition) is 3. The van der Waals surface area contributed by atoms with Gasteiger partial charge in [0, 0.05) is 25.8 Å². The number of carbonyl (C=O) groups excluding carboxylic acids is 1. The summed E-state index contributed by atoms with van der Waals surface area (Å²) in [6.07, 6.45) is 2.78. The number of aryl methyl sites for hydroxylation is 1. The summed E-state index contributed by atoms with van der Waals surface area (Å²) in [5.41, 5.74) is 3.91. The number of rotatable bonds is 5. The lowest BCUT2D eigenvalue weighted by Gasteiger charge is -2.30. The van der Waals surface area contributed by atoms with E-state index in [1.807, 2.05) is 4.90 Å². The van der Waals surface area contributed by atoms with Gasteiger partial charge in [-0.05, 0) is 30.2 Å². The second kappa shape index (κ2) is 8.52. The summed E-state index contributed by atoms with van der Waals surface area (Å²) in [4.78, 5) is 34.9. The monoisotopic (exact) mass is 395 g/mol. The van der Waals surface area contributed by atoms with Gasteiger partial charge in [-0.3, -0.25) is 9.59 Å². The van der Waals surface area contributed by atoms with Crippen molar-refractivity contribution in [2.45, 2.75) is 66.8 Å². The molecule has 3 rings (SSSR count). The molecule has 0 radical (unpaired) electrons. The Bertz CT molecular complexity index is 923. The van der Waals surface area contributed by atoms with Crippen molar-refractivity contribution in [1.82, 2.24) is 14.9 Å². The van der Waals surface area contributed by atoms with Gasteiger partial charge in [-0.1, -0.05) is 57.5 Å². The third-order valence-corrected chi connectivity index (χ3v) is 5.45. The van der Waals surface area contributed by atoms with E-state index < -0.39 is 0 Å². The molecule has 156 valence electrons. The van der Waals surface area contributed by atoms with Gasteiger partial charge in [0.2, 0.25) is 5.91 Å². The molecule has 1 amide bonds. The molecule has 0 spiro atoms. The molecule has 1 aliphatic rings. The summed E-state index contributed by atoms with van der Waals surface area (Å²) in [6.45, 7) is 11.8. The largest absolute Gasteiger partial charge is 0.338 e. The van der Waals surface area contributed by atoms with Crippen LogP contribution >= 0.6 is 0 Å². The van der Waals surface area contributed by atoms with Crippen LogP contribution in [0.25, 0.3) is 0 Å². The minimum Gasteiger partial charge on any atom is -0.338 e. The highest BCUT2D eigenvalue weighted by molar-refractivity contribution is 5.76. The van der Waals surface area contributed by atoms with E-state index in [1.54, 1.807) is 0 Å². The van der Waals surface area contributed by atoms with Gasteiger partial charge in [-0.2, -0.15) is 0 Å². The highest BCUT2D eigenvalue weighted by Gasteiger charge is 2.26. The van der Waals surface area contributed by atoms with Crippen LogP contribution in [0.3, 0.4) is 0 Å². The van der Waals surface area contributed by atoms with Crippen LogP contribution in [0.2, 0.25) is 0 Å². The number of H-pyrrole nitrogens is 1. The number of amides is 1. The number of nitrogens with one attached hydrogen (secondary N) is 1. The average Bonchev–Trinajstić information content (AvgIpc) is 2.62. The predicted octanol–water partition coefficient (Wildman–Crippen LogP) is 4.02. The molecule has 2 heterocycles. The topological polar surface area (TPSA) is 66.1 Å². The van der Waals surface area contributed by atoms with Crippen LogP contribution in [0, 0.1) is 18.3 Å². The highest BCUT2D eigenvalue weighted by Crippen LogP contribution is 2.27. The van der Waals surface area contributed by atoms with E-state index in [0.717, 1.165) is 17.7 Å². The lowest BCUT2D eigenvalue weighted by molar-refractivity contribution is -0.133. The van der Waals surface area contributed by atoms with Gasteiger partial charge in [-0.25, -0.2) is 4.98 Å². The maximum Gasteiger partial charge on any atom is 0.256 e. The Morgan fingerprint density at radius 2 is 1.93 bits per heavy atom. The molecule has 5 heteroatoms. The molecule has 1 N–H and O–H groups in total. The zero-order valence-corrected chi connectivity index (χ0v) is 18.3. The first-order valence-electron chi connectivity index (χ1n) is 10.5. The fraction of sp³-hybridized carbons (Fsp3) is 0.542. The van der Waals surface area contributed by atoms with Crippen LogP contribution in [0.1, 0.15) is 68.7 Å². The quantitative estimate of drug-likeness (QED) is 0.832. The highest BCUT2D eigenvalue weighted by atomic mass is 16.2. The lowest BCUT2D eigenvalue weighted by Crippen LogP contribution is -2.40. The Morgan fingerprint density at radius 3 is 2.59 bits per heavy atom. The summed E-state index contributed by atoms with van der Waals surface area (Å²) >= 11 is 0. The summed E-state index contributed by atoms with van der Waals surface area (Å²) in [6, 6.07) is 8.26. The van der Waals surface area contributed by atoms with Crippen molar-refractivity contribution >= 4 is 5.91 Å². The fourth-order valence-corrected chi connectivity index (χ4v) is 4.22. The van der Waals surface area contributed by atoms with Crippen molar-refractivity contribution in [1.29, 1.82) is 0 Å². The summed E-state index contributed by atoms with van der Waals surface area (Å²) in [5.74, 6) is 1.16. The zero-order chi connectivity index (χ0) is 21.2. The van der Waals surface area contributed by atoms with Crippen molar-refractivity contribution in [3.63, 3.8) is 0 Å². The van der Waals surface area contributed by atoms with Crippen molar-refractivity contribution in [3.8, 4) is 0 Å². The third kappa shape index (κ3) is 5.78. The van der Waals surface area contributed by atoms with Gasteiger partial charge >= 0.3 is 0 Å². The SMILES string of the molecule is Cc1ccc(Cc2nc3c(c(=O)[nH]2)CN(C(=O)C[C@@H](C)CC(C)(C)C)CC3)cc1. The second-order valence-corrected chi connectivity index (χ2v) is 9.74. The van der Waals surface area contributed by atoms with Crippen LogP contribution in [0.15, 0.2) is 29.1 Å². The Morgan fingerprint density at radius 1 is 1.24 bits per heavy atom. The summed E-state index contributed by atoms with van der Waals surface area (Å²) in [7, 11) is 0. The zero-order valence-electron chi connectivity index (χ0n) is 18.3. The standard InChI is InChI=1S/C24H33N3O2/c1-16-6-8-18(9-7-16)13-21-25-20-10-11-27(15-19(20)23(29)26-21)22(28)12-17(2)14-24(3,4)5/h6-9,17H,10-15H2,1-5H3,(H,25,26,29)/t17-/m1/s1. The Hall–Kier alpha value is -2.43. The van der Waals surface area contributed by atoms with Crippen molar-refractivity contribution in [2.24, 2.45) is 11.3 Å². The maximum atomic E-state index is 12.7. The van der Waals surface area contributed by atoms with Gasteiger partial charge in [0.25, 0.3) is 5.56 Å². The first-order chi connectivity index (χ1) is 13.6. The van der Waals surface area contributed by atoms with E-state index in [2.05, 4.69) is 63.9 Å². The third-order valence-electron chi connectivity index (χ3n) is 5.45. The number of aromatic amines is 1. The first kappa shape index (κ1) is 21.3. The van der Waals surface area contributed by atoms with E-state index in [-0.39, 0.29) is 16.9 Å². The lowest BCUT2D eigenvalue weighted by atomic mass is 9.84. The number of nitrogens with zero attached hydrogens (tertiary/aromatic N) is 2. The van der Waals surface area contributed by atoms with Gasteiger partial charge in [0.05, 0.1) is 17.8 Å². The molecule has 1 aromatic heterocycles. The van der Waals surface area contributed by atoms with Crippen LogP contribution in [-0.2, 0) is 24.2 Å². The van der Waals surface area contributed by atoms with E-state index in [0.29, 0.717) is 49.7 Å². The minimum atomic E-state index is -0.114. The fourth-order valence-electron chi connectivity index (χ4n) is 4.22. The van der Waals surface area contributed by atoms with Crippen LogP contribution in [0.4, 0.5) is 0 Å². The molecule has 0 fully saturated rings. The van der Waals surface area contributed by atoms with E-state index in [1.165, 1.54) is 5.56 Å². The molecule has 1 aliphatic heterocycles. The number of fused-ring (bicyclic) bond motifs is 1. The van der Waals surface area contributed by atoms with Crippen LogP contribution in [-0.4, -0.2) is 27.3 Å². The van der Waals surface area contributed by atoms with E-state index in [4.69, 9.17) is 4.98 Å². The van der Waals surface area contributed by atoms with Crippen molar-refractivity contribution in [2.75, 3.05) is 6.54 Å². The molecule has 2 aromatic rings. The minimum absolute atomic E-state index is 0.114. The molecule has 0 saturated heterocycles. The van der Waals surface area contributed by atoms with Gasteiger partial charge in [0.1, 0.15) is 5.82 Å². The van der Waals surface area contributed by atoms with Crippen molar-refractivity contribution < 1.29 is 4.79 Å². The maximum absolute atomic E-state index is 12.7. The molecule has 5 nitrogen and oxygen atoms in total. The van der Waals surface area contributed by atoms with E-state index in [9.17, 15) is 9.59 Å². The molecule has 0 aliphatic carbocycles. The Balaban J connectivity index is 1.68. The second-order valence-electron chi connectivity index (χ2n) is 9.74. The molecule has 0 saturated carbocycles. The summed E-state index contributed by atoms with van der Waals surface area (Å²) in [5, 5.41) is 0. The molecular weight excluding hydrogens is 362 g/mol.